The minimum atomic E-state index is -0.331. The van der Waals surface area contributed by atoms with Crippen molar-refractivity contribution in [2.45, 2.75) is 32.2 Å². The number of H-pyrrole nitrogens is 1. The van der Waals surface area contributed by atoms with Crippen LogP contribution in [0.25, 0.3) is 0 Å². The van der Waals surface area contributed by atoms with Crippen LogP contribution in [0.3, 0.4) is 0 Å². The van der Waals surface area contributed by atoms with Crippen molar-refractivity contribution in [2.24, 2.45) is 5.73 Å². The predicted octanol–water partition coefficient (Wildman–Crippen LogP) is 0.0172. The van der Waals surface area contributed by atoms with Crippen LogP contribution in [0.2, 0.25) is 0 Å². The number of unbranched alkanes of at least 4 members (excludes halogenated alkanes) is 1. The molecule has 0 aliphatic rings. The van der Waals surface area contributed by atoms with Crippen LogP contribution in [0.4, 0.5) is 0 Å². The van der Waals surface area contributed by atoms with Gasteiger partial charge in [-0.1, -0.05) is 19.8 Å². The smallest absolute Gasteiger partial charge is 0.271 e. The fourth-order valence-corrected chi connectivity index (χ4v) is 1.43. The molecule has 6 heteroatoms. The van der Waals surface area contributed by atoms with E-state index in [9.17, 15) is 9.59 Å². The lowest BCUT2D eigenvalue weighted by Crippen LogP contribution is -2.40. The Morgan fingerprint density at radius 2 is 2.41 bits per heavy atom. The molecular formula is C11H18N4O2. The zero-order valence-corrected chi connectivity index (χ0v) is 9.90. The third kappa shape index (κ3) is 4.36. The van der Waals surface area contributed by atoms with Gasteiger partial charge < -0.3 is 16.0 Å². The minimum Gasteiger partial charge on any atom is -0.347 e. The normalized spacial score (nSPS) is 12.1. The van der Waals surface area contributed by atoms with E-state index >= 15 is 0 Å². The molecule has 1 atom stereocenters. The molecule has 0 aromatic carbocycles. The van der Waals surface area contributed by atoms with Crippen LogP contribution < -0.4 is 16.6 Å². The minimum absolute atomic E-state index is 0.0452. The van der Waals surface area contributed by atoms with Gasteiger partial charge >= 0.3 is 0 Å². The van der Waals surface area contributed by atoms with Gasteiger partial charge in [0, 0.05) is 18.8 Å². The second-order valence-electron chi connectivity index (χ2n) is 3.84. The number of hydrogen-bond donors (Lipinski definition) is 3. The zero-order valence-electron chi connectivity index (χ0n) is 9.90. The van der Waals surface area contributed by atoms with Gasteiger partial charge in [-0.15, -0.1) is 0 Å². The molecule has 17 heavy (non-hydrogen) atoms. The Kier molecular flexibility index (Phi) is 5.35. The summed E-state index contributed by atoms with van der Waals surface area (Å²) in [5.74, 6) is -0.312. The van der Waals surface area contributed by atoms with Crippen LogP contribution in [-0.2, 0) is 0 Å². The summed E-state index contributed by atoms with van der Waals surface area (Å²) in [6.07, 6.45) is 5.30. The van der Waals surface area contributed by atoms with Gasteiger partial charge in [0.25, 0.3) is 11.5 Å². The van der Waals surface area contributed by atoms with E-state index in [1.165, 1.54) is 6.20 Å². The number of nitrogens with one attached hydrogen (secondary N) is 2. The van der Waals surface area contributed by atoms with Crippen LogP contribution in [0, 0.1) is 0 Å². The molecule has 1 aromatic rings. The molecule has 1 aromatic heterocycles. The summed E-state index contributed by atoms with van der Waals surface area (Å²) in [5.41, 5.74) is 5.43. The first-order valence-electron chi connectivity index (χ1n) is 5.73. The Morgan fingerprint density at radius 3 is 2.94 bits per heavy atom. The van der Waals surface area contributed by atoms with Crippen molar-refractivity contribution >= 4 is 5.91 Å². The summed E-state index contributed by atoms with van der Waals surface area (Å²) in [6.45, 7) is 2.48. The van der Waals surface area contributed by atoms with Crippen molar-refractivity contribution in [3.8, 4) is 0 Å². The third-order valence-electron chi connectivity index (χ3n) is 2.43. The SMILES string of the molecule is CCCCC(CN)NC(=O)c1c[nH]c(=O)cn1. The maximum atomic E-state index is 11.7. The second-order valence-corrected chi connectivity index (χ2v) is 3.84. The summed E-state index contributed by atoms with van der Waals surface area (Å²) in [6, 6.07) is -0.0452. The highest BCUT2D eigenvalue weighted by Gasteiger charge is 2.12. The molecule has 0 radical (unpaired) electrons. The van der Waals surface area contributed by atoms with Crippen molar-refractivity contribution in [1.29, 1.82) is 0 Å². The number of hydrogen-bond acceptors (Lipinski definition) is 4. The lowest BCUT2D eigenvalue weighted by atomic mass is 10.1. The van der Waals surface area contributed by atoms with Gasteiger partial charge in [-0.05, 0) is 6.42 Å². The lowest BCUT2D eigenvalue weighted by molar-refractivity contribution is 0.0930. The fraction of sp³-hybridized carbons (Fsp3) is 0.545. The summed E-state index contributed by atoms with van der Waals surface area (Å²) < 4.78 is 0. The maximum Gasteiger partial charge on any atom is 0.271 e. The first-order chi connectivity index (χ1) is 8.17. The van der Waals surface area contributed by atoms with Crippen LogP contribution in [0.5, 0.6) is 0 Å². The van der Waals surface area contributed by atoms with Crippen molar-refractivity contribution in [3.05, 3.63) is 28.4 Å². The molecule has 4 N–H and O–H groups in total. The Morgan fingerprint density at radius 1 is 1.65 bits per heavy atom. The number of aromatic nitrogens is 2. The van der Waals surface area contributed by atoms with Crippen molar-refractivity contribution in [2.75, 3.05) is 6.54 Å². The van der Waals surface area contributed by atoms with E-state index in [0.29, 0.717) is 6.54 Å². The van der Waals surface area contributed by atoms with Gasteiger partial charge in [0.2, 0.25) is 0 Å². The fourth-order valence-electron chi connectivity index (χ4n) is 1.43. The Labute approximate surface area is 99.6 Å². The summed E-state index contributed by atoms with van der Waals surface area (Å²) in [5, 5.41) is 2.79. The second kappa shape index (κ2) is 6.80. The Hall–Kier alpha value is -1.69. The molecule has 1 heterocycles. The predicted molar refractivity (Wildman–Crippen MR) is 64.7 cm³/mol. The van der Waals surface area contributed by atoms with Crippen LogP contribution >= 0.6 is 0 Å². The van der Waals surface area contributed by atoms with Crippen molar-refractivity contribution in [1.82, 2.24) is 15.3 Å². The Balaban J connectivity index is 2.57. The average molecular weight is 238 g/mol. The quantitative estimate of drug-likeness (QED) is 0.650. The average Bonchev–Trinajstić information content (AvgIpc) is 2.35. The van der Waals surface area contributed by atoms with Crippen LogP contribution in [-0.4, -0.2) is 28.5 Å². The van der Waals surface area contributed by atoms with E-state index in [-0.39, 0.29) is 23.2 Å². The maximum absolute atomic E-state index is 11.7. The Bertz CT molecular complexity index is 396. The number of rotatable bonds is 6. The number of carbonyl (C=O) groups is 1. The van der Waals surface area contributed by atoms with Gasteiger partial charge in [0.05, 0.1) is 6.20 Å². The molecule has 0 saturated carbocycles. The van der Waals surface area contributed by atoms with Crippen molar-refractivity contribution < 1.29 is 4.79 Å². The molecule has 1 amide bonds. The standard InChI is InChI=1S/C11H18N4O2/c1-2-3-4-8(5-12)15-11(17)9-6-14-10(16)7-13-9/h6-8H,2-5,12H2,1H3,(H,14,16)(H,15,17). The molecule has 1 rings (SSSR count). The van der Waals surface area contributed by atoms with Crippen LogP contribution in [0.1, 0.15) is 36.7 Å². The number of carbonyl (C=O) groups excluding carboxylic acids is 1. The van der Waals surface area contributed by atoms with Gasteiger partial charge in [-0.2, -0.15) is 0 Å². The molecule has 0 aliphatic carbocycles. The van der Waals surface area contributed by atoms with E-state index in [0.717, 1.165) is 25.5 Å². The summed E-state index contributed by atoms with van der Waals surface area (Å²) in [7, 11) is 0. The molecule has 0 bridgehead atoms. The van der Waals surface area contributed by atoms with Crippen LogP contribution in [0.15, 0.2) is 17.2 Å². The lowest BCUT2D eigenvalue weighted by Gasteiger charge is -2.15. The molecule has 1 unspecified atom stereocenters. The number of aromatic amines is 1. The van der Waals surface area contributed by atoms with Crippen molar-refractivity contribution in [3.63, 3.8) is 0 Å². The molecule has 0 spiro atoms. The molecule has 94 valence electrons. The molecule has 0 saturated heterocycles. The summed E-state index contributed by atoms with van der Waals surface area (Å²) >= 11 is 0. The largest absolute Gasteiger partial charge is 0.347 e. The van der Waals surface area contributed by atoms with E-state index < -0.39 is 0 Å². The van der Waals surface area contributed by atoms with E-state index in [1.54, 1.807) is 0 Å². The highest BCUT2D eigenvalue weighted by atomic mass is 16.2. The van der Waals surface area contributed by atoms with E-state index in [4.69, 9.17) is 5.73 Å². The van der Waals surface area contributed by atoms with E-state index in [1.807, 2.05) is 0 Å². The first kappa shape index (κ1) is 13.4. The van der Waals surface area contributed by atoms with E-state index in [2.05, 4.69) is 22.2 Å². The number of nitrogens with zero attached hydrogens (tertiary/aromatic N) is 1. The topological polar surface area (TPSA) is 101 Å². The van der Waals surface area contributed by atoms with Gasteiger partial charge in [-0.3, -0.25) is 9.59 Å². The zero-order chi connectivity index (χ0) is 12.7. The molecular weight excluding hydrogens is 220 g/mol. The molecule has 6 nitrogen and oxygen atoms in total. The van der Waals surface area contributed by atoms with Gasteiger partial charge in [0.1, 0.15) is 5.69 Å². The molecule has 0 aliphatic heterocycles. The first-order valence-corrected chi connectivity index (χ1v) is 5.73. The van der Waals surface area contributed by atoms with Gasteiger partial charge in [-0.25, -0.2) is 4.98 Å². The highest BCUT2D eigenvalue weighted by Crippen LogP contribution is 2.00. The number of amides is 1. The van der Waals surface area contributed by atoms with Gasteiger partial charge in [0.15, 0.2) is 0 Å². The summed E-state index contributed by atoms with van der Waals surface area (Å²) in [4.78, 5) is 28.7. The molecule has 0 fully saturated rings. The monoisotopic (exact) mass is 238 g/mol. The highest BCUT2D eigenvalue weighted by molar-refractivity contribution is 5.92. The third-order valence-corrected chi connectivity index (χ3v) is 2.43. The number of nitrogens with two attached hydrogens (primary N) is 1.